The second kappa shape index (κ2) is 10.3. The molecule has 1 N–H and O–H groups in total. The van der Waals surface area contributed by atoms with E-state index in [1.54, 1.807) is 0 Å². The summed E-state index contributed by atoms with van der Waals surface area (Å²) in [5.74, 6) is 0.687. The molecule has 0 aromatic heterocycles. The predicted octanol–water partition coefficient (Wildman–Crippen LogP) is 3.66. The smallest absolute Gasteiger partial charge is 0.0593 e. The largest absolute Gasteiger partial charge is 0.380 e. The summed E-state index contributed by atoms with van der Waals surface area (Å²) in [6.45, 7) is 11.9. The average molecular weight is 357 g/mol. The lowest BCUT2D eigenvalue weighted by atomic mass is 10.1. The number of ether oxygens (including phenoxy) is 1. The highest BCUT2D eigenvalue weighted by Crippen LogP contribution is 2.20. The molecule has 0 bridgehead atoms. The highest BCUT2D eigenvalue weighted by Gasteiger charge is 2.05. The van der Waals surface area contributed by atoms with Crippen LogP contribution >= 0.6 is 15.9 Å². The second-order valence-corrected chi connectivity index (χ2v) is 6.74. The van der Waals surface area contributed by atoms with Gasteiger partial charge in [-0.1, -0.05) is 41.9 Å². The molecule has 0 spiro atoms. The Morgan fingerprint density at radius 2 is 2.10 bits per heavy atom. The molecule has 0 radical (unpaired) electrons. The Morgan fingerprint density at radius 1 is 1.33 bits per heavy atom. The summed E-state index contributed by atoms with van der Waals surface area (Å²) >= 11 is 3.69. The van der Waals surface area contributed by atoms with Crippen LogP contribution in [0.5, 0.6) is 0 Å². The number of hydrogen-bond donors (Lipinski definition) is 1. The second-order valence-electron chi connectivity index (χ2n) is 5.89. The monoisotopic (exact) mass is 356 g/mol. The number of nitrogens with one attached hydrogen (secondary N) is 1. The molecule has 3 nitrogen and oxygen atoms in total. The van der Waals surface area contributed by atoms with Crippen LogP contribution in [-0.2, 0) is 17.8 Å². The number of rotatable bonds is 10. The molecule has 1 aromatic rings. The normalized spacial score (nSPS) is 11.6. The maximum absolute atomic E-state index is 5.39. The van der Waals surface area contributed by atoms with Gasteiger partial charge in [0.05, 0.1) is 6.61 Å². The third-order valence-corrected chi connectivity index (χ3v) is 4.00. The van der Waals surface area contributed by atoms with E-state index >= 15 is 0 Å². The molecule has 0 fully saturated rings. The zero-order chi connectivity index (χ0) is 15.7. The van der Waals surface area contributed by atoms with Crippen LogP contribution in [0.1, 0.15) is 31.9 Å². The molecular weight excluding hydrogens is 328 g/mol. The number of halogens is 1. The van der Waals surface area contributed by atoms with Crippen molar-refractivity contribution >= 4 is 15.9 Å². The maximum Gasteiger partial charge on any atom is 0.0593 e. The number of hydrogen-bond acceptors (Lipinski definition) is 3. The van der Waals surface area contributed by atoms with E-state index in [1.165, 1.54) is 15.6 Å². The van der Waals surface area contributed by atoms with Gasteiger partial charge in [-0.15, -0.1) is 0 Å². The van der Waals surface area contributed by atoms with Gasteiger partial charge in [0.2, 0.25) is 0 Å². The molecule has 21 heavy (non-hydrogen) atoms. The molecule has 0 aliphatic rings. The molecule has 0 saturated carbocycles. The lowest BCUT2D eigenvalue weighted by Crippen LogP contribution is -2.23. The quantitative estimate of drug-likeness (QED) is 0.647. The van der Waals surface area contributed by atoms with Gasteiger partial charge >= 0.3 is 0 Å². The minimum Gasteiger partial charge on any atom is -0.380 e. The zero-order valence-electron chi connectivity index (χ0n) is 13.8. The van der Waals surface area contributed by atoms with Gasteiger partial charge in [0, 0.05) is 30.7 Å². The van der Waals surface area contributed by atoms with Crippen LogP contribution in [0.2, 0.25) is 0 Å². The van der Waals surface area contributed by atoms with E-state index in [4.69, 9.17) is 4.74 Å². The summed E-state index contributed by atoms with van der Waals surface area (Å²) in [6, 6.07) is 6.65. The fourth-order valence-corrected chi connectivity index (χ4v) is 2.62. The third-order valence-electron chi connectivity index (χ3n) is 3.26. The molecule has 0 atom stereocenters. The first-order chi connectivity index (χ1) is 10.0. The summed E-state index contributed by atoms with van der Waals surface area (Å²) in [6.07, 6.45) is 0. The van der Waals surface area contributed by atoms with E-state index in [9.17, 15) is 0 Å². The Balaban J connectivity index is 2.45. The van der Waals surface area contributed by atoms with Gasteiger partial charge in [-0.05, 0) is 43.6 Å². The minimum absolute atomic E-state index is 0.687. The van der Waals surface area contributed by atoms with Crippen LogP contribution in [-0.4, -0.2) is 38.3 Å². The molecule has 1 aromatic carbocycles. The van der Waals surface area contributed by atoms with Crippen molar-refractivity contribution in [2.45, 2.75) is 33.9 Å². The minimum atomic E-state index is 0.687. The molecule has 4 heteroatoms. The highest BCUT2D eigenvalue weighted by atomic mass is 79.9. The van der Waals surface area contributed by atoms with Crippen molar-refractivity contribution in [1.82, 2.24) is 10.2 Å². The molecule has 0 unspecified atom stereocenters. The first-order valence-corrected chi connectivity index (χ1v) is 8.56. The predicted molar refractivity (Wildman–Crippen MR) is 93.5 cm³/mol. The van der Waals surface area contributed by atoms with Crippen LogP contribution in [0.25, 0.3) is 0 Å². The first-order valence-electron chi connectivity index (χ1n) is 7.77. The molecule has 0 aliphatic carbocycles. The highest BCUT2D eigenvalue weighted by molar-refractivity contribution is 9.10. The molecule has 0 aliphatic heterocycles. The Hall–Kier alpha value is -0.420. The SMILES string of the molecule is CCOCCN(C)Cc1ccc(CNCC(C)C)cc1Br. The van der Waals surface area contributed by atoms with Crippen molar-refractivity contribution in [2.24, 2.45) is 5.92 Å². The zero-order valence-corrected chi connectivity index (χ0v) is 15.4. The Bertz CT molecular complexity index is 410. The molecular formula is C17H29BrN2O. The Labute approximate surface area is 138 Å². The average Bonchev–Trinajstić information content (AvgIpc) is 2.42. The Morgan fingerprint density at radius 3 is 2.71 bits per heavy atom. The third kappa shape index (κ3) is 7.96. The number of benzene rings is 1. The van der Waals surface area contributed by atoms with Gasteiger partial charge in [-0.3, -0.25) is 4.90 Å². The van der Waals surface area contributed by atoms with Gasteiger partial charge < -0.3 is 10.1 Å². The fourth-order valence-electron chi connectivity index (χ4n) is 2.07. The van der Waals surface area contributed by atoms with E-state index in [0.29, 0.717) is 5.92 Å². The Kier molecular flexibility index (Phi) is 9.16. The van der Waals surface area contributed by atoms with Gasteiger partial charge in [0.25, 0.3) is 0 Å². The summed E-state index contributed by atoms with van der Waals surface area (Å²) in [5.41, 5.74) is 2.64. The molecule has 0 amide bonds. The molecule has 1 rings (SSSR count). The van der Waals surface area contributed by atoms with E-state index in [1.807, 2.05) is 6.92 Å². The van der Waals surface area contributed by atoms with Crippen LogP contribution < -0.4 is 5.32 Å². The van der Waals surface area contributed by atoms with Crippen LogP contribution in [0.4, 0.5) is 0 Å². The van der Waals surface area contributed by atoms with Gasteiger partial charge in [0.15, 0.2) is 0 Å². The fraction of sp³-hybridized carbons (Fsp3) is 0.647. The maximum atomic E-state index is 5.39. The summed E-state index contributed by atoms with van der Waals surface area (Å²) in [7, 11) is 2.13. The van der Waals surface area contributed by atoms with Crippen molar-refractivity contribution in [1.29, 1.82) is 0 Å². The topological polar surface area (TPSA) is 24.5 Å². The lowest BCUT2D eigenvalue weighted by Gasteiger charge is -2.18. The number of nitrogens with zero attached hydrogens (tertiary/aromatic N) is 1. The molecule has 0 heterocycles. The van der Waals surface area contributed by atoms with Crippen molar-refractivity contribution in [3.05, 3.63) is 33.8 Å². The first kappa shape index (κ1) is 18.6. The summed E-state index contributed by atoms with van der Waals surface area (Å²) < 4.78 is 6.58. The van der Waals surface area contributed by atoms with E-state index in [2.05, 4.69) is 65.2 Å². The van der Waals surface area contributed by atoms with Crippen molar-refractivity contribution in [3.63, 3.8) is 0 Å². The van der Waals surface area contributed by atoms with E-state index in [0.717, 1.165) is 39.4 Å². The van der Waals surface area contributed by atoms with Crippen LogP contribution in [0, 0.1) is 5.92 Å². The summed E-state index contributed by atoms with van der Waals surface area (Å²) in [5, 5.41) is 3.48. The van der Waals surface area contributed by atoms with E-state index in [-0.39, 0.29) is 0 Å². The molecule has 120 valence electrons. The molecule has 0 saturated heterocycles. The van der Waals surface area contributed by atoms with Crippen molar-refractivity contribution in [3.8, 4) is 0 Å². The van der Waals surface area contributed by atoms with Crippen LogP contribution in [0.3, 0.4) is 0 Å². The summed E-state index contributed by atoms with van der Waals surface area (Å²) in [4.78, 5) is 2.28. The van der Waals surface area contributed by atoms with Gasteiger partial charge in [-0.2, -0.15) is 0 Å². The van der Waals surface area contributed by atoms with Crippen molar-refractivity contribution < 1.29 is 4.74 Å². The van der Waals surface area contributed by atoms with Crippen molar-refractivity contribution in [2.75, 3.05) is 33.4 Å². The standard InChI is InChI=1S/C17H29BrN2O/c1-5-21-9-8-20(4)13-16-7-6-15(10-17(16)18)12-19-11-14(2)3/h6-7,10,14,19H,5,8-9,11-13H2,1-4H3. The van der Waals surface area contributed by atoms with Gasteiger partial charge in [0.1, 0.15) is 0 Å². The van der Waals surface area contributed by atoms with Gasteiger partial charge in [-0.25, -0.2) is 0 Å². The van der Waals surface area contributed by atoms with E-state index < -0.39 is 0 Å². The lowest BCUT2D eigenvalue weighted by molar-refractivity contribution is 0.120. The number of likely N-dealkylation sites (N-methyl/N-ethyl adjacent to an activating group) is 1. The van der Waals surface area contributed by atoms with Crippen LogP contribution in [0.15, 0.2) is 22.7 Å².